The van der Waals surface area contributed by atoms with Gasteiger partial charge in [-0.15, -0.1) is 0 Å². The maximum absolute atomic E-state index is 11.8. The first-order valence-electron chi connectivity index (χ1n) is 5.55. The lowest BCUT2D eigenvalue weighted by Crippen LogP contribution is -2.25. The van der Waals surface area contributed by atoms with Gasteiger partial charge in [0.15, 0.2) is 5.58 Å². The molecule has 1 amide bonds. The molecule has 17 heavy (non-hydrogen) atoms. The number of carbonyl (C=O) groups is 1. The summed E-state index contributed by atoms with van der Waals surface area (Å²) in [6, 6.07) is 5.35. The Morgan fingerprint density at radius 1 is 1.47 bits per heavy atom. The van der Waals surface area contributed by atoms with Crippen LogP contribution in [0.2, 0.25) is 0 Å². The molecule has 2 aromatic rings. The SMILES string of the molecule is Cn1c(=O)oc2cc(C(=O)NC3CC3)ccc21. The minimum atomic E-state index is -0.417. The largest absolute Gasteiger partial charge is 0.419 e. The Morgan fingerprint density at radius 2 is 2.24 bits per heavy atom. The second-order valence-electron chi connectivity index (χ2n) is 4.36. The molecule has 5 heteroatoms. The van der Waals surface area contributed by atoms with Crippen molar-refractivity contribution in [3.8, 4) is 0 Å². The number of fused-ring (bicyclic) bond motifs is 1. The molecule has 1 N–H and O–H groups in total. The molecule has 1 fully saturated rings. The number of benzene rings is 1. The van der Waals surface area contributed by atoms with Gasteiger partial charge in [0, 0.05) is 18.7 Å². The van der Waals surface area contributed by atoms with Crippen LogP contribution in [0.25, 0.3) is 11.1 Å². The average Bonchev–Trinajstić information content (AvgIpc) is 3.07. The van der Waals surface area contributed by atoms with E-state index in [9.17, 15) is 9.59 Å². The third-order valence-electron chi connectivity index (χ3n) is 2.97. The Balaban J connectivity index is 2.00. The molecule has 0 spiro atoms. The second kappa shape index (κ2) is 3.48. The fourth-order valence-electron chi connectivity index (χ4n) is 1.77. The summed E-state index contributed by atoms with van der Waals surface area (Å²) in [5.74, 6) is -0.527. The molecule has 0 bridgehead atoms. The fraction of sp³-hybridized carbons (Fsp3) is 0.333. The maximum Gasteiger partial charge on any atom is 0.419 e. The Kier molecular flexibility index (Phi) is 2.07. The predicted molar refractivity (Wildman–Crippen MR) is 61.9 cm³/mol. The van der Waals surface area contributed by atoms with Gasteiger partial charge in [-0.25, -0.2) is 4.79 Å². The summed E-state index contributed by atoms with van der Waals surface area (Å²) in [6.45, 7) is 0. The monoisotopic (exact) mass is 232 g/mol. The standard InChI is InChI=1S/C12H12N2O3/c1-14-9-5-2-7(6-10(9)17-12(14)16)11(15)13-8-3-4-8/h2,5-6,8H,3-4H2,1H3,(H,13,15). The van der Waals surface area contributed by atoms with Crippen molar-refractivity contribution in [3.05, 3.63) is 34.3 Å². The minimum Gasteiger partial charge on any atom is -0.408 e. The van der Waals surface area contributed by atoms with Crippen molar-refractivity contribution >= 4 is 17.0 Å². The molecule has 1 aliphatic carbocycles. The van der Waals surface area contributed by atoms with Gasteiger partial charge in [-0.1, -0.05) is 0 Å². The smallest absolute Gasteiger partial charge is 0.408 e. The van der Waals surface area contributed by atoms with Crippen LogP contribution in [-0.2, 0) is 7.05 Å². The highest BCUT2D eigenvalue weighted by Crippen LogP contribution is 2.20. The van der Waals surface area contributed by atoms with Gasteiger partial charge in [0.1, 0.15) is 0 Å². The number of nitrogens with zero attached hydrogens (tertiary/aromatic N) is 1. The van der Waals surface area contributed by atoms with Crippen LogP contribution in [0.15, 0.2) is 27.4 Å². The number of nitrogens with one attached hydrogen (secondary N) is 1. The van der Waals surface area contributed by atoms with E-state index in [1.165, 1.54) is 4.57 Å². The molecule has 1 saturated carbocycles. The van der Waals surface area contributed by atoms with Crippen molar-refractivity contribution in [3.63, 3.8) is 0 Å². The van der Waals surface area contributed by atoms with Gasteiger partial charge >= 0.3 is 5.76 Å². The quantitative estimate of drug-likeness (QED) is 0.840. The second-order valence-corrected chi connectivity index (χ2v) is 4.36. The van der Waals surface area contributed by atoms with Crippen LogP contribution in [0.5, 0.6) is 0 Å². The lowest BCUT2D eigenvalue weighted by atomic mass is 10.2. The lowest BCUT2D eigenvalue weighted by Gasteiger charge is -2.02. The summed E-state index contributed by atoms with van der Waals surface area (Å²) in [7, 11) is 1.64. The molecule has 1 aliphatic rings. The maximum atomic E-state index is 11.8. The molecule has 0 atom stereocenters. The Labute approximate surface area is 97.0 Å². The van der Waals surface area contributed by atoms with E-state index >= 15 is 0 Å². The normalized spacial score (nSPS) is 15.1. The van der Waals surface area contributed by atoms with E-state index in [2.05, 4.69) is 5.32 Å². The zero-order valence-electron chi connectivity index (χ0n) is 9.40. The highest BCUT2D eigenvalue weighted by molar-refractivity contribution is 5.97. The number of aryl methyl sites for hydroxylation is 1. The van der Waals surface area contributed by atoms with E-state index in [1.54, 1.807) is 25.2 Å². The van der Waals surface area contributed by atoms with E-state index < -0.39 is 5.76 Å². The summed E-state index contributed by atoms with van der Waals surface area (Å²) in [5, 5.41) is 2.89. The Bertz CT molecular complexity index is 649. The van der Waals surface area contributed by atoms with E-state index in [-0.39, 0.29) is 5.91 Å². The van der Waals surface area contributed by atoms with E-state index in [0.29, 0.717) is 22.7 Å². The summed E-state index contributed by atoms with van der Waals surface area (Å²) >= 11 is 0. The summed E-state index contributed by atoms with van der Waals surface area (Å²) in [6.07, 6.45) is 2.10. The van der Waals surface area contributed by atoms with Gasteiger partial charge < -0.3 is 9.73 Å². The van der Waals surface area contributed by atoms with Crippen LogP contribution in [0.1, 0.15) is 23.2 Å². The van der Waals surface area contributed by atoms with Crippen molar-refractivity contribution in [2.75, 3.05) is 0 Å². The highest BCUT2D eigenvalue weighted by Gasteiger charge is 2.24. The van der Waals surface area contributed by atoms with Crippen LogP contribution in [0.4, 0.5) is 0 Å². The summed E-state index contributed by atoms with van der Waals surface area (Å²) in [4.78, 5) is 23.1. The Hall–Kier alpha value is -2.04. The molecule has 0 radical (unpaired) electrons. The third kappa shape index (κ3) is 1.73. The topological polar surface area (TPSA) is 64.2 Å². The summed E-state index contributed by atoms with van der Waals surface area (Å²) < 4.78 is 6.45. The lowest BCUT2D eigenvalue weighted by molar-refractivity contribution is 0.0951. The minimum absolute atomic E-state index is 0.110. The van der Waals surface area contributed by atoms with Crippen molar-refractivity contribution in [1.82, 2.24) is 9.88 Å². The number of rotatable bonds is 2. The average molecular weight is 232 g/mol. The van der Waals surface area contributed by atoms with Crippen molar-refractivity contribution in [2.45, 2.75) is 18.9 Å². The molecular formula is C12H12N2O3. The van der Waals surface area contributed by atoms with Crippen molar-refractivity contribution < 1.29 is 9.21 Å². The van der Waals surface area contributed by atoms with E-state index in [0.717, 1.165) is 12.8 Å². The molecule has 88 valence electrons. The third-order valence-corrected chi connectivity index (χ3v) is 2.97. The van der Waals surface area contributed by atoms with E-state index in [4.69, 9.17) is 4.42 Å². The molecular weight excluding hydrogens is 220 g/mol. The fourth-order valence-corrected chi connectivity index (χ4v) is 1.77. The van der Waals surface area contributed by atoms with Gasteiger partial charge in [-0.3, -0.25) is 9.36 Å². The van der Waals surface area contributed by atoms with Crippen molar-refractivity contribution in [2.24, 2.45) is 7.05 Å². The first kappa shape index (κ1) is 10.1. The number of oxazole rings is 1. The first-order chi connectivity index (χ1) is 8.15. The van der Waals surface area contributed by atoms with Crippen LogP contribution in [0, 0.1) is 0 Å². The molecule has 1 aromatic carbocycles. The molecule has 0 aliphatic heterocycles. The molecule has 1 aromatic heterocycles. The number of aromatic nitrogens is 1. The molecule has 0 unspecified atom stereocenters. The van der Waals surface area contributed by atoms with Gasteiger partial charge in [0.05, 0.1) is 5.52 Å². The number of hydrogen-bond donors (Lipinski definition) is 1. The number of hydrogen-bond acceptors (Lipinski definition) is 3. The van der Waals surface area contributed by atoms with Crippen LogP contribution >= 0.6 is 0 Å². The molecule has 5 nitrogen and oxygen atoms in total. The van der Waals surface area contributed by atoms with Crippen LogP contribution < -0.4 is 11.1 Å². The Morgan fingerprint density at radius 3 is 2.94 bits per heavy atom. The number of amides is 1. The molecule has 0 saturated heterocycles. The zero-order chi connectivity index (χ0) is 12.0. The van der Waals surface area contributed by atoms with Crippen LogP contribution in [0.3, 0.4) is 0 Å². The van der Waals surface area contributed by atoms with E-state index in [1.807, 2.05) is 0 Å². The predicted octanol–water partition coefficient (Wildman–Crippen LogP) is 1.02. The zero-order valence-corrected chi connectivity index (χ0v) is 9.40. The summed E-state index contributed by atoms with van der Waals surface area (Å²) in [5.41, 5.74) is 1.66. The van der Waals surface area contributed by atoms with Gasteiger partial charge in [-0.05, 0) is 31.0 Å². The van der Waals surface area contributed by atoms with Crippen molar-refractivity contribution in [1.29, 1.82) is 0 Å². The van der Waals surface area contributed by atoms with Crippen LogP contribution in [-0.4, -0.2) is 16.5 Å². The van der Waals surface area contributed by atoms with Gasteiger partial charge in [0.25, 0.3) is 5.91 Å². The first-order valence-corrected chi connectivity index (χ1v) is 5.55. The molecule has 3 rings (SSSR count). The highest BCUT2D eigenvalue weighted by atomic mass is 16.4. The molecule has 1 heterocycles. The van der Waals surface area contributed by atoms with Gasteiger partial charge in [0.2, 0.25) is 0 Å². The van der Waals surface area contributed by atoms with Gasteiger partial charge in [-0.2, -0.15) is 0 Å². The number of carbonyl (C=O) groups excluding carboxylic acids is 1.